The average Bonchev–Trinajstić information content (AvgIpc) is 2.59. The van der Waals surface area contributed by atoms with Gasteiger partial charge >= 0.3 is 0 Å². The van der Waals surface area contributed by atoms with E-state index in [1.165, 1.54) is 0 Å². The van der Waals surface area contributed by atoms with Crippen molar-refractivity contribution < 1.29 is 0 Å². The van der Waals surface area contributed by atoms with Gasteiger partial charge in [-0.25, -0.2) is 0 Å². The van der Waals surface area contributed by atoms with Gasteiger partial charge < -0.3 is 10.6 Å². The smallest absolute Gasteiger partial charge is 0.0229 e. The van der Waals surface area contributed by atoms with Crippen LogP contribution in [0.5, 0.6) is 0 Å². The SMILES string of the molecule is CCN(CC1C=CC(N)C1)C(C)CN(C)C. The van der Waals surface area contributed by atoms with E-state index in [0.29, 0.717) is 12.0 Å². The maximum Gasteiger partial charge on any atom is 0.0229 e. The van der Waals surface area contributed by atoms with Crippen LogP contribution in [0.25, 0.3) is 0 Å². The van der Waals surface area contributed by atoms with E-state index in [1.54, 1.807) is 0 Å². The quantitative estimate of drug-likeness (QED) is 0.689. The highest BCUT2D eigenvalue weighted by Gasteiger charge is 2.21. The van der Waals surface area contributed by atoms with Crippen LogP contribution in [-0.4, -0.2) is 55.6 Å². The van der Waals surface area contributed by atoms with Crippen molar-refractivity contribution in [3.63, 3.8) is 0 Å². The summed E-state index contributed by atoms with van der Waals surface area (Å²) in [5.41, 5.74) is 5.89. The first kappa shape index (κ1) is 13.7. The molecule has 16 heavy (non-hydrogen) atoms. The van der Waals surface area contributed by atoms with Crippen LogP contribution in [0.4, 0.5) is 0 Å². The molecule has 0 aliphatic heterocycles. The predicted octanol–water partition coefficient (Wildman–Crippen LogP) is 1.16. The van der Waals surface area contributed by atoms with Gasteiger partial charge in [0.1, 0.15) is 0 Å². The molecule has 0 amide bonds. The highest BCUT2D eigenvalue weighted by molar-refractivity contribution is 5.05. The Hall–Kier alpha value is -0.380. The normalized spacial score (nSPS) is 26.9. The molecule has 1 aliphatic carbocycles. The molecule has 0 aromatic rings. The summed E-state index contributed by atoms with van der Waals surface area (Å²) in [6.07, 6.45) is 5.55. The van der Waals surface area contributed by atoms with Crippen molar-refractivity contribution in [1.82, 2.24) is 9.80 Å². The van der Waals surface area contributed by atoms with Crippen molar-refractivity contribution in [3.05, 3.63) is 12.2 Å². The van der Waals surface area contributed by atoms with Gasteiger partial charge in [0.25, 0.3) is 0 Å². The van der Waals surface area contributed by atoms with Crippen LogP contribution in [0, 0.1) is 5.92 Å². The zero-order valence-corrected chi connectivity index (χ0v) is 11.2. The first-order valence-corrected chi connectivity index (χ1v) is 6.35. The summed E-state index contributed by atoms with van der Waals surface area (Å²) in [6.45, 7) is 7.94. The lowest BCUT2D eigenvalue weighted by Gasteiger charge is -2.31. The molecule has 3 unspecified atom stereocenters. The second kappa shape index (κ2) is 6.38. The Labute approximate surface area is 100 Å². The second-order valence-electron chi connectivity index (χ2n) is 5.24. The molecule has 1 aliphatic rings. The van der Waals surface area contributed by atoms with E-state index in [-0.39, 0.29) is 6.04 Å². The molecule has 2 N–H and O–H groups in total. The van der Waals surface area contributed by atoms with Gasteiger partial charge in [-0.05, 0) is 39.9 Å². The molecule has 0 saturated heterocycles. The van der Waals surface area contributed by atoms with Crippen LogP contribution < -0.4 is 5.73 Å². The number of nitrogens with zero attached hydrogens (tertiary/aromatic N) is 2. The Morgan fingerprint density at radius 2 is 2.06 bits per heavy atom. The van der Waals surface area contributed by atoms with Crippen LogP contribution >= 0.6 is 0 Å². The highest BCUT2D eigenvalue weighted by atomic mass is 15.2. The molecule has 0 aromatic carbocycles. The first-order valence-electron chi connectivity index (χ1n) is 6.35. The molecule has 0 radical (unpaired) electrons. The number of nitrogens with two attached hydrogens (primary N) is 1. The van der Waals surface area contributed by atoms with Crippen molar-refractivity contribution >= 4 is 0 Å². The minimum Gasteiger partial charge on any atom is -0.324 e. The monoisotopic (exact) mass is 225 g/mol. The number of likely N-dealkylation sites (N-methyl/N-ethyl adjacent to an activating group) is 2. The molecule has 3 atom stereocenters. The van der Waals surface area contributed by atoms with E-state index < -0.39 is 0 Å². The van der Waals surface area contributed by atoms with Gasteiger partial charge in [-0.1, -0.05) is 19.1 Å². The Bertz CT molecular complexity index is 225. The Balaban J connectivity index is 2.39. The largest absolute Gasteiger partial charge is 0.324 e. The molecule has 3 heteroatoms. The summed E-state index contributed by atoms with van der Waals surface area (Å²) in [5, 5.41) is 0. The molecule has 94 valence electrons. The maximum absolute atomic E-state index is 5.89. The van der Waals surface area contributed by atoms with Gasteiger partial charge in [-0.15, -0.1) is 0 Å². The predicted molar refractivity (Wildman–Crippen MR) is 70.5 cm³/mol. The number of rotatable bonds is 6. The molecule has 0 fully saturated rings. The standard InChI is InChI=1S/C13H27N3/c1-5-16(11(2)9-15(3)4)10-12-6-7-13(14)8-12/h6-7,11-13H,5,8-10,14H2,1-4H3. The van der Waals surface area contributed by atoms with Gasteiger partial charge in [-0.2, -0.15) is 0 Å². The second-order valence-corrected chi connectivity index (χ2v) is 5.24. The van der Waals surface area contributed by atoms with Crippen LogP contribution in [0.15, 0.2) is 12.2 Å². The fourth-order valence-corrected chi connectivity index (χ4v) is 2.51. The van der Waals surface area contributed by atoms with E-state index in [0.717, 1.165) is 26.1 Å². The van der Waals surface area contributed by atoms with E-state index >= 15 is 0 Å². The zero-order chi connectivity index (χ0) is 12.1. The molecule has 0 heterocycles. The first-order chi connectivity index (χ1) is 7.52. The van der Waals surface area contributed by atoms with Gasteiger partial charge in [0.15, 0.2) is 0 Å². The van der Waals surface area contributed by atoms with E-state index in [1.807, 2.05) is 0 Å². The summed E-state index contributed by atoms with van der Waals surface area (Å²) in [7, 11) is 4.27. The fraction of sp³-hybridized carbons (Fsp3) is 0.846. The van der Waals surface area contributed by atoms with Crippen molar-refractivity contribution in [2.24, 2.45) is 11.7 Å². The summed E-state index contributed by atoms with van der Waals surface area (Å²) in [5.74, 6) is 0.652. The summed E-state index contributed by atoms with van der Waals surface area (Å²) >= 11 is 0. The molecule has 1 rings (SSSR count). The van der Waals surface area contributed by atoms with Gasteiger partial charge in [0, 0.05) is 25.2 Å². The molecular weight excluding hydrogens is 198 g/mol. The van der Waals surface area contributed by atoms with Crippen molar-refractivity contribution in [3.8, 4) is 0 Å². The van der Waals surface area contributed by atoms with Gasteiger partial charge in [0.05, 0.1) is 0 Å². The minimum absolute atomic E-state index is 0.285. The van der Waals surface area contributed by atoms with E-state index in [2.05, 4.69) is 49.9 Å². The third kappa shape index (κ3) is 4.24. The van der Waals surface area contributed by atoms with Crippen molar-refractivity contribution in [1.29, 1.82) is 0 Å². The zero-order valence-electron chi connectivity index (χ0n) is 11.2. The topological polar surface area (TPSA) is 32.5 Å². The minimum atomic E-state index is 0.285. The third-order valence-electron chi connectivity index (χ3n) is 3.33. The molecular formula is C13H27N3. The molecule has 3 nitrogen and oxygen atoms in total. The van der Waals surface area contributed by atoms with E-state index in [4.69, 9.17) is 5.73 Å². The van der Waals surface area contributed by atoms with Crippen molar-refractivity contribution in [2.75, 3.05) is 33.7 Å². The molecule has 0 saturated carbocycles. The summed E-state index contributed by atoms with van der Waals surface area (Å²) in [4.78, 5) is 4.80. The van der Waals surface area contributed by atoms with Crippen LogP contribution in [0.2, 0.25) is 0 Å². The maximum atomic E-state index is 5.89. The van der Waals surface area contributed by atoms with Crippen LogP contribution in [0.1, 0.15) is 20.3 Å². The molecule has 0 spiro atoms. The fourth-order valence-electron chi connectivity index (χ4n) is 2.51. The van der Waals surface area contributed by atoms with Crippen molar-refractivity contribution in [2.45, 2.75) is 32.4 Å². The molecule has 0 aromatic heterocycles. The Morgan fingerprint density at radius 1 is 1.38 bits per heavy atom. The highest BCUT2D eigenvalue weighted by Crippen LogP contribution is 2.18. The van der Waals surface area contributed by atoms with Crippen LogP contribution in [-0.2, 0) is 0 Å². The lowest BCUT2D eigenvalue weighted by molar-refractivity contribution is 0.165. The van der Waals surface area contributed by atoms with Gasteiger partial charge in [0.2, 0.25) is 0 Å². The Kier molecular flexibility index (Phi) is 5.46. The summed E-state index contributed by atoms with van der Waals surface area (Å²) < 4.78 is 0. The van der Waals surface area contributed by atoms with E-state index in [9.17, 15) is 0 Å². The molecule has 0 bridgehead atoms. The number of hydrogen-bond donors (Lipinski definition) is 1. The number of hydrogen-bond acceptors (Lipinski definition) is 3. The average molecular weight is 225 g/mol. The lowest BCUT2D eigenvalue weighted by Crippen LogP contribution is -2.42. The van der Waals surface area contributed by atoms with Crippen LogP contribution in [0.3, 0.4) is 0 Å². The Morgan fingerprint density at radius 3 is 2.50 bits per heavy atom. The summed E-state index contributed by atoms with van der Waals surface area (Å²) in [6, 6.07) is 0.901. The lowest BCUT2D eigenvalue weighted by atomic mass is 10.1. The third-order valence-corrected chi connectivity index (χ3v) is 3.33. The van der Waals surface area contributed by atoms with Gasteiger partial charge in [-0.3, -0.25) is 4.90 Å².